The Hall–Kier alpha value is -2.51. The molecule has 0 aliphatic carbocycles. The number of carbonyl (C=O) groups excluding carboxylic acids is 1. The minimum Gasteiger partial charge on any atom is -0.267 e. The van der Waals surface area contributed by atoms with E-state index in [4.69, 9.17) is 0 Å². The molecule has 3 aromatic rings. The molecule has 0 saturated heterocycles. The van der Waals surface area contributed by atoms with Crippen molar-refractivity contribution in [3.05, 3.63) is 75.2 Å². The highest BCUT2D eigenvalue weighted by Crippen LogP contribution is 2.20. The molecular weight excluding hydrogens is 364 g/mol. The predicted molar refractivity (Wildman–Crippen MR) is 107 cm³/mol. The third-order valence-electron chi connectivity index (χ3n) is 3.47. The van der Waals surface area contributed by atoms with Crippen LogP contribution in [0.1, 0.15) is 32.9 Å². The highest BCUT2D eigenvalue weighted by Gasteiger charge is 2.05. The number of thiophene rings is 1. The van der Waals surface area contributed by atoms with Crippen LogP contribution < -0.4 is 5.43 Å². The molecule has 0 atom stereocenters. The van der Waals surface area contributed by atoms with Gasteiger partial charge in [0.05, 0.1) is 6.21 Å². The lowest BCUT2D eigenvalue weighted by molar-refractivity contribution is 0.0955. The zero-order valence-electron chi connectivity index (χ0n) is 14.5. The average Bonchev–Trinajstić information content (AvgIpc) is 3.13. The number of nitrogens with one attached hydrogen (secondary N) is 1. The van der Waals surface area contributed by atoms with Crippen LogP contribution in [0, 0.1) is 13.8 Å². The third kappa shape index (κ3) is 5.24. The SMILES string of the molecule is Cc1cc(C)nc(SCc2ccc(C(=O)N/N=C/c3ccsc3)cc2)n1. The smallest absolute Gasteiger partial charge is 0.267 e. The van der Waals surface area contributed by atoms with Gasteiger partial charge < -0.3 is 0 Å². The second-order valence-corrected chi connectivity index (χ2v) is 7.40. The van der Waals surface area contributed by atoms with Gasteiger partial charge in [0.1, 0.15) is 0 Å². The van der Waals surface area contributed by atoms with Gasteiger partial charge in [-0.2, -0.15) is 16.4 Å². The van der Waals surface area contributed by atoms with Crippen LogP contribution in [0.25, 0.3) is 0 Å². The van der Waals surface area contributed by atoms with E-state index < -0.39 is 0 Å². The monoisotopic (exact) mass is 382 g/mol. The summed E-state index contributed by atoms with van der Waals surface area (Å²) in [4.78, 5) is 20.9. The van der Waals surface area contributed by atoms with Crippen LogP contribution in [0.4, 0.5) is 0 Å². The summed E-state index contributed by atoms with van der Waals surface area (Å²) in [7, 11) is 0. The Morgan fingerprint density at radius 2 is 1.92 bits per heavy atom. The number of hydrogen-bond acceptors (Lipinski definition) is 6. The van der Waals surface area contributed by atoms with Gasteiger partial charge in [0.25, 0.3) is 5.91 Å². The molecule has 0 bridgehead atoms. The van der Waals surface area contributed by atoms with E-state index in [0.717, 1.165) is 33.4 Å². The van der Waals surface area contributed by atoms with Gasteiger partial charge in [0.2, 0.25) is 0 Å². The zero-order chi connectivity index (χ0) is 18.4. The Balaban J connectivity index is 1.55. The summed E-state index contributed by atoms with van der Waals surface area (Å²) < 4.78 is 0. The minimum absolute atomic E-state index is 0.228. The molecule has 0 spiro atoms. The number of nitrogens with zero attached hydrogens (tertiary/aromatic N) is 3. The number of hydrogen-bond donors (Lipinski definition) is 1. The first-order valence-corrected chi connectivity index (χ1v) is 9.92. The van der Waals surface area contributed by atoms with Gasteiger partial charge in [0.15, 0.2) is 5.16 Å². The lowest BCUT2D eigenvalue weighted by Gasteiger charge is -2.04. The highest BCUT2D eigenvalue weighted by atomic mass is 32.2. The summed E-state index contributed by atoms with van der Waals surface area (Å²) in [5.74, 6) is 0.523. The van der Waals surface area contributed by atoms with Crippen LogP contribution in [0.5, 0.6) is 0 Å². The summed E-state index contributed by atoms with van der Waals surface area (Å²) in [6.45, 7) is 3.93. The van der Waals surface area contributed by atoms with Crippen molar-refractivity contribution in [3.8, 4) is 0 Å². The molecule has 3 rings (SSSR count). The third-order valence-corrected chi connectivity index (χ3v) is 5.09. The van der Waals surface area contributed by atoms with Crippen molar-refractivity contribution in [2.24, 2.45) is 5.10 Å². The molecule has 0 saturated carbocycles. The first-order chi connectivity index (χ1) is 12.6. The van der Waals surface area contributed by atoms with Crippen LogP contribution in [0.2, 0.25) is 0 Å². The lowest BCUT2D eigenvalue weighted by Crippen LogP contribution is -2.17. The van der Waals surface area contributed by atoms with Crippen molar-refractivity contribution in [3.63, 3.8) is 0 Å². The van der Waals surface area contributed by atoms with Gasteiger partial charge in [-0.15, -0.1) is 0 Å². The van der Waals surface area contributed by atoms with Crippen LogP contribution >= 0.6 is 23.1 Å². The molecule has 1 aromatic carbocycles. The molecule has 0 unspecified atom stereocenters. The number of rotatable bonds is 6. The quantitative estimate of drug-likeness (QED) is 0.300. The molecule has 26 heavy (non-hydrogen) atoms. The normalized spacial score (nSPS) is 11.0. The number of aryl methyl sites for hydroxylation is 2. The Morgan fingerprint density at radius 3 is 2.58 bits per heavy atom. The minimum atomic E-state index is -0.228. The maximum absolute atomic E-state index is 12.1. The Bertz CT molecular complexity index is 886. The van der Waals surface area contributed by atoms with Gasteiger partial charge in [-0.1, -0.05) is 23.9 Å². The average molecular weight is 383 g/mol. The van der Waals surface area contributed by atoms with E-state index in [9.17, 15) is 4.79 Å². The number of hydrazone groups is 1. The molecule has 0 aliphatic heterocycles. The number of benzene rings is 1. The van der Waals surface area contributed by atoms with Crippen molar-refractivity contribution >= 4 is 35.2 Å². The molecule has 0 radical (unpaired) electrons. The van der Waals surface area contributed by atoms with Crippen LogP contribution in [-0.4, -0.2) is 22.1 Å². The van der Waals surface area contributed by atoms with E-state index in [-0.39, 0.29) is 5.91 Å². The molecule has 5 nitrogen and oxygen atoms in total. The Morgan fingerprint density at radius 1 is 1.19 bits per heavy atom. The number of amides is 1. The zero-order valence-corrected chi connectivity index (χ0v) is 16.1. The second-order valence-electron chi connectivity index (χ2n) is 5.67. The van der Waals surface area contributed by atoms with Gasteiger partial charge in [-0.25, -0.2) is 15.4 Å². The fourth-order valence-corrected chi connectivity index (χ4v) is 3.75. The standard InChI is InChI=1S/C19H18N4OS2/c1-13-9-14(2)22-19(21-13)26-12-15-3-5-17(6-4-15)18(24)23-20-10-16-7-8-25-11-16/h3-11H,12H2,1-2H3,(H,23,24)/b20-10+. The number of thioether (sulfide) groups is 1. The Labute approximate surface area is 160 Å². The molecule has 7 heteroatoms. The van der Waals surface area contributed by atoms with Gasteiger partial charge >= 0.3 is 0 Å². The van der Waals surface area contributed by atoms with E-state index >= 15 is 0 Å². The summed E-state index contributed by atoms with van der Waals surface area (Å²) >= 11 is 3.17. The molecule has 0 fully saturated rings. The summed E-state index contributed by atoms with van der Waals surface area (Å²) in [6.07, 6.45) is 1.63. The Kier molecular flexibility index (Phi) is 6.14. The van der Waals surface area contributed by atoms with Crippen LogP contribution in [0.3, 0.4) is 0 Å². The summed E-state index contributed by atoms with van der Waals surface area (Å²) in [5.41, 5.74) is 7.12. The van der Waals surface area contributed by atoms with Crippen molar-refractivity contribution in [1.82, 2.24) is 15.4 Å². The van der Waals surface area contributed by atoms with Gasteiger partial charge in [0, 0.05) is 28.3 Å². The van der Waals surface area contributed by atoms with E-state index in [1.54, 1.807) is 41.4 Å². The lowest BCUT2D eigenvalue weighted by atomic mass is 10.1. The van der Waals surface area contributed by atoms with E-state index in [1.807, 2.05) is 48.9 Å². The molecular formula is C19H18N4OS2. The molecule has 1 amide bonds. The van der Waals surface area contributed by atoms with E-state index in [2.05, 4.69) is 20.5 Å². The van der Waals surface area contributed by atoms with Gasteiger partial charge in [-0.3, -0.25) is 4.79 Å². The largest absolute Gasteiger partial charge is 0.271 e. The molecule has 1 N–H and O–H groups in total. The maximum atomic E-state index is 12.1. The highest BCUT2D eigenvalue weighted by molar-refractivity contribution is 7.98. The number of aromatic nitrogens is 2. The fraction of sp³-hybridized carbons (Fsp3) is 0.158. The topological polar surface area (TPSA) is 67.2 Å². The molecule has 0 aliphatic rings. The van der Waals surface area contributed by atoms with Crippen molar-refractivity contribution in [2.45, 2.75) is 24.8 Å². The van der Waals surface area contributed by atoms with Crippen molar-refractivity contribution in [1.29, 1.82) is 0 Å². The van der Waals surface area contributed by atoms with Crippen molar-refractivity contribution < 1.29 is 4.79 Å². The van der Waals surface area contributed by atoms with E-state index in [1.165, 1.54) is 0 Å². The molecule has 2 aromatic heterocycles. The second kappa shape index (κ2) is 8.73. The van der Waals surface area contributed by atoms with Gasteiger partial charge in [-0.05, 0) is 54.4 Å². The van der Waals surface area contributed by atoms with Crippen LogP contribution in [0.15, 0.2) is 57.4 Å². The van der Waals surface area contributed by atoms with Crippen LogP contribution in [-0.2, 0) is 5.75 Å². The predicted octanol–water partition coefficient (Wildman–Crippen LogP) is 4.21. The first kappa shape index (κ1) is 18.3. The van der Waals surface area contributed by atoms with E-state index in [0.29, 0.717) is 5.56 Å². The number of carbonyl (C=O) groups is 1. The first-order valence-electron chi connectivity index (χ1n) is 8.00. The maximum Gasteiger partial charge on any atom is 0.271 e. The fourth-order valence-electron chi connectivity index (χ4n) is 2.24. The molecule has 2 heterocycles. The molecule has 132 valence electrons. The summed E-state index contributed by atoms with van der Waals surface area (Å²) in [5, 5.41) is 8.66. The summed E-state index contributed by atoms with van der Waals surface area (Å²) in [6, 6.07) is 11.4. The van der Waals surface area contributed by atoms with Crippen molar-refractivity contribution in [2.75, 3.05) is 0 Å².